The molecule has 2 aromatic carbocycles. The number of carbonyl (C=O) groups is 1. The minimum absolute atomic E-state index is 0.0466. The van der Waals surface area contributed by atoms with E-state index in [9.17, 15) is 9.18 Å². The molecule has 0 saturated heterocycles. The first kappa shape index (κ1) is 14.6. The Morgan fingerprint density at radius 1 is 1.14 bits per heavy atom. The number of hydrogen-bond donors (Lipinski definition) is 1. The molecule has 0 aliphatic carbocycles. The zero-order valence-electron chi connectivity index (χ0n) is 11.1. The molecule has 7 heteroatoms. The molecule has 3 aromatic rings. The fourth-order valence-electron chi connectivity index (χ4n) is 1.81. The lowest BCUT2D eigenvalue weighted by atomic mass is 10.2. The third-order valence-corrected chi connectivity index (χ3v) is 4.04. The second-order valence-corrected chi connectivity index (χ2v) is 5.74. The molecule has 1 aromatic heterocycles. The second-order valence-electron chi connectivity index (χ2n) is 4.36. The number of aromatic nitrogens is 2. The van der Waals surface area contributed by atoms with Crippen LogP contribution in [0.3, 0.4) is 0 Å². The molecule has 0 radical (unpaired) electrons. The zero-order chi connectivity index (χ0) is 15.5. The predicted octanol–water partition coefficient (Wildman–Crippen LogP) is 4.25. The number of benzene rings is 2. The smallest absolute Gasteiger partial charge is 0.259 e. The van der Waals surface area contributed by atoms with E-state index in [0.717, 1.165) is 11.6 Å². The Kier molecular flexibility index (Phi) is 4.13. The zero-order valence-corrected chi connectivity index (χ0v) is 12.7. The third-order valence-electron chi connectivity index (χ3n) is 2.84. The summed E-state index contributed by atoms with van der Waals surface area (Å²) in [7, 11) is 0. The van der Waals surface area contributed by atoms with Gasteiger partial charge in [-0.2, -0.15) is 0 Å². The quantitative estimate of drug-likeness (QED) is 0.779. The molecule has 0 saturated carbocycles. The molecule has 0 unspecified atom stereocenters. The Bertz CT molecular complexity index is 823. The monoisotopic (exact) mass is 333 g/mol. The van der Waals surface area contributed by atoms with Crippen molar-refractivity contribution < 1.29 is 9.18 Å². The van der Waals surface area contributed by atoms with Crippen LogP contribution in [0.25, 0.3) is 10.6 Å². The van der Waals surface area contributed by atoms with Crippen molar-refractivity contribution in [3.63, 3.8) is 0 Å². The van der Waals surface area contributed by atoms with Crippen molar-refractivity contribution in [2.45, 2.75) is 0 Å². The maximum Gasteiger partial charge on any atom is 0.259 e. The van der Waals surface area contributed by atoms with Gasteiger partial charge in [0.25, 0.3) is 5.91 Å². The third kappa shape index (κ3) is 3.13. The Balaban J connectivity index is 1.79. The maximum absolute atomic E-state index is 13.0. The number of carbonyl (C=O) groups excluding carboxylic acids is 1. The van der Waals surface area contributed by atoms with Crippen molar-refractivity contribution in [3.05, 3.63) is 64.9 Å². The minimum atomic E-state index is -0.496. The van der Waals surface area contributed by atoms with Crippen molar-refractivity contribution in [3.8, 4) is 10.6 Å². The van der Waals surface area contributed by atoms with Gasteiger partial charge >= 0.3 is 0 Å². The van der Waals surface area contributed by atoms with Crippen molar-refractivity contribution in [1.82, 2.24) is 10.2 Å². The number of rotatable bonds is 3. The minimum Gasteiger partial charge on any atom is -0.296 e. The van der Waals surface area contributed by atoms with Crippen LogP contribution in [0.15, 0.2) is 48.5 Å². The second kappa shape index (κ2) is 6.21. The summed E-state index contributed by atoms with van der Waals surface area (Å²) < 4.78 is 13.0. The summed E-state index contributed by atoms with van der Waals surface area (Å²) in [6.45, 7) is 0. The number of nitrogens with zero attached hydrogens (tertiary/aromatic N) is 2. The largest absolute Gasteiger partial charge is 0.296 e. The Labute approximate surface area is 134 Å². The van der Waals surface area contributed by atoms with Crippen LogP contribution in [0.2, 0.25) is 5.02 Å². The maximum atomic E-state index is 13.0. The van der Waals surface area contributed by atoms with Crippen LogP contribution in [-0.4, -0.2) is 16.1 Å². The van der Waals surface area contributed by atoms with E-state index in [-0.39, 0.29) is 10.6 Å². The van der Waals surface area contributed by atoms with Crippen LogP contribution in [0.4, 0.5) is 9.52 Å². The van der Waals surface area contributed by atoms with E-state index in [0.29, 0.717) is 10.1 Å². The van der Waals surface area contributed by atoms with E-state index in [1.807, 2.05) is 30.3 Å². The van der Waals surface area contributed by atoms with Crippen molar-refractivity contribution in [1.29, 1.82) is 0 Å². The lowest BCUT2D eigenvalue weighted by Crippen LogP contribution is -2.12. The first-order valence-corrected chi connectivity index (χ1v) is 7.48. The van der Waals surface area contributed by atoms with Gasteiger partial charge in [-0.15, -0.1) is 10.2 Å². The number of hydrogen-bond acceptors (Lipinski definition) is 4. The highest BCUT2D eigenvalue weighted by Crippen LogP contribution is 2.27. The summed E-state index contributed by atoms with van der Waals surface area (Å²) in [5.74, 6) is -0.954. The molecular formula is C15H9ClFN3OS. The number of anilines is 1. The van der Waals surface area contributed by atoms with Crippen molar-refractivity contribution >= 4 is 34.0 Å². The van der Waals surface area contributed by atoms with Crippen LogP contribution in [0.5, 0.6) is 0 Å². The summed E-state index contributed by atoms with van der Waals surface area (Å²) in [4.78, 5) is 12.1. The van der Waals surface area contributed by atoms with Gasteiger partial charge in [-0.1, -0.05) is 53.3 Å². The first-order valence-electron chi connectivity index (χ1n) is 6.29. The first-order chi connectivity index (χ1) is 10.6. The van der Waals surface area contributed by atoms with Crippen LogP contribution < -0.4 is 5.32 Å². The van der Waals surface area contributed by atoms with Gasteiger partial charge < -0.3 is 0 Å². The van der Waals surface area contributed by atoms with Crippen LogP contribution in [0.1, 0.15) is 10.4 Å². The van der Waals surface area contributed by atoms with E-state index < -0.39 is 11.7 Å². The molecular weight excluding hydrogens is 325 g/mol. The van der Waals surface area contributed by atoms with Gasteiger partial charge in [0.2, 0.25) is 5.13 Å². The van der Waals surface area contributed by atoms with Gasteiger partial charge in [0.15, 0.2) is 0 Å². The van der Waals surface area contributed by atoms with Gasteiger partial charge in [-0.3, -0.25) is 10.1 Å². The molecule has 3 rings (SSSR count). The molecule has 0 bridgehead atoms. The summed E-state index contributed by atoms with van der Waals surface area (Å²) in [5.41, 5.74) is 1.10. The molecule has 0 aliphatic rings. The van der Waals surface area contributed by atoms with Crippen LogP contribution in [-0.2, 0) is 0 Å². The Hall–Kier alpha value is -2.31. The summed E-state index contributed by atoms with van der Waals surface area (Å²) in [6, 6.07) is 13.1. The van der Waals surface area contributed by atoms with Gasteiger partial charge in [-0.05, 0) is 18.2 Å². The standard InChI is InChI=1S/C15H9ClFN3OS/c16-12-8-10(17)6-7-11(12)13(21)18-15-20-19-14(22-15)9-4-2-1-3-5-9/h1-8H,(H,18,20,21). The van der Waals surface area contributed by atoms with E-state index in [4.69, 9.17) is 11.6 Å². The van der Waals surface area contributed by atoms with E-state index in [1.54, 1.807) is 0 Å². The van der Waals surface area contributed by atoms with Crippen LogP contribution in [0, 0.1) is 5.82 Å². The van der Waals surface area contributed by atoms with E-state index >= 15 is 0 Å². The van der Waals surface area contributed by atoms with Crippen molar-refractivity contribution in [2.75, 3.05) is 5.32 Å². The highest BCUT2D eigenvalue weighted by atomic mass is 35.5. The average Bonchev–Trinajstić information content (AvgIpc) is 2.96. The fourth-order valence-corrected chi connectivity index (χ4v) is 2.81. The molecule has 4 nitrogen and oxygen atoms in total. The molecule has 0 spiro atoms. The Morgan fingerprint density at radius 2 is 1.91 bits per heavy atom. The molecule has 0 aliphatic heterocycles. The van der Waals surface area contributed by atoms with Crippen LogP contribution >= 0.6 is 22.9 Å². The van der Waals surface area contributed by atoms with E-state index in [1.165, 1.54) is 23.5 Å². The average molecular weight is 334 g/mol. The highest BCUT2D eigenvalue weighted by Gasteiger charge is 2.14. The molecule has 0 atom stereocenters. The lowest BCUT2D eigenvalue weighted by Gasteiger charge is -2.03. The topological polar surface area (TPSA) is 54.9 Å². The number of halogens is 2. The SMILES string of the molecule is O=C(Nc1nnc(-c2ccccc2)s1)c1ccc(F)cc1Cl. The molecule has 1 amide bonds. The number of nitrogens with one attached hydrogen (secondary N) is 1. The Morgan fingerprint density at radius 3 is 2.64 bits per heavy atom. The molecule has 0 fully saturated rings. The molecule has 110 valence electrons. The highest BCUT2D eigenvalue weighted by molar-refractivity contribution is 7.18. The van der Waals surface area contributed by atoms with Gasteiger partial charge in [-0.25, -0.2) is 4.39 Å². The van der Waals surface area contributed by atoms with Crippen molar-refractivity contribution in [2.24, 2.45) is 0 Å². The summed E-state index contributed by atoms with van der Waals surface area (Å²) in [5, 5.41) is 11.7. The van der Waals surface area contributed by atoms with Gasteiger partial charge in [0.1, 0.15) is 10.8 Å². The molecule has 22 heavy (non-hydrogen) atoms. The molecule has 1 heterocycles. The number of amides is 1. The van der Waals surface area contributed by atoms with Gasteiger partial charge in [0.05, 0.1) is 10.6 Å². The van der Waals surface area contributed by atoms with E-state index in [2.05, 4.69) is 15.5 Å². The van der Waals surface area contributed by atoms with Gasteiger partial charge in [0, 0.05) is 5.56 Å². The fraction of sp³-hybridized carbons (Fsp3) is 0. The lowest BCUT2D eigenvalue weighted by molar-refractivity contribution is 0.102. The summed E-state index contributed by atoms with van der Waals surface area (Å²) in [6.07, 6.45) is 0. The predicted molar refractivity (Wildman–Crippen MR) is 84.7 cm³/mol. The normalized spacial score (nSPS) is 10.5. The molecule has 1 N–H and O–H groups in total. The summed E-state index contributed by atoms with van der Waals surface area (Å²) >= 11 is 7.10.